The maximum atomic E-state index is 10.5. The summed E-state index contributed by atoms with van der Waals surface area (Å²) >= 11 is 5.09. The molecule has 6 nitrogen and oxygen atoms in total. The standard InChI is InChI=1S/C9H8ClNO5/c1-15-8-4-6(11(13)14)2-3-7(8)16-5-9(10)12/h2-4H,5H2,1H3. The third-order valence-electron chi connectivity index (χ3n) is 1.70. The van der Waals surface area contributed by atoms with E-state index in [0.717, 1.165) is 0 Å². The first kappa shape index (κ1) is 12.3. The molecule has 0 spiro atoms. The summed E-state index contributed by atoms with van der Waals surface area (Å²) in [5, 5.41) is 9.81. The lowest BCUT2D eigenvalue weighted by Gasteiger charge is -2.08. The molecule has 0 aliphatic rings. The van der Waals surface area contributed by atoms with Crippen LogP contribution in [0.1, 0.15) is 0 Å². The molecule has 0 heterocycles. The summed E-state index contributed by atoms with van der Waals surface area (Å²) in [4.78, 5) is 20.4. The van der Waals surface area contributed by atoms with Crippen molar-refractivity contribution in [3.63, 3.8) is 0 Å². The van der Waals surface area contributed by atoms with Gasteiger partial charge in [0.2, 0.25) is 0 Å². The number of methoxy groups -OCH3 is 1. The molecular formula is C9H8ClNO5. The van der Waals surface area contributed by atoms with E-state index in [4.69, 9.17) is 21.1 Å². The zero-order chi connectivity index (χ0) is 12.1. The van der Waals surface area contributed by atoms with Crippen molar-refractivity contribution in [3.8, 4) is 11.5 Å². The van der Waals surface area contributed by atoms with E-state index in [2.05, 4.69) is 0 Å². The molecule has 0 bridgehead atoms. The Morgan fingerprint density at radius 2 is 2.19 bits per heavy atom. The van der Waals surface area contributed by atoms with Crippen molar-refractivity contribution < 1.29 is 19.2 Å². The van der Waals surface area contributed by atoms with Crippen molar-refractivity contribution in [3.05, 3.63) is 28.3 Å². The molecule has 0 saturated carbocycles. The van der Waals surface area contributed by atoms with Crippen LogP contribution in [0.3, 0.4) is 0 Å². The Bertz CT molecular complexity index is 420. The summed E-state index contributed by atoms with van der Waals surface area (Å²) in [5.41, 5.74) is -0.124. The quantitative estimate of drug-likeness (QED) is 0.449. The molecule has 86 valence electrons. The van der Waals surface area contributed by atoms with E-state index in [1.54, 1.807) is 0 Å². The fraction of sp³-hybridized carbons (Fsp3) is 0.222. The van der Waals surface area contributed by atoms with E-state index in [9.17, 15) is 14.9 Å². The van der Waals surface area contributed by atoms with Gasteiger partial charge in [0.1, 0.15) is 0 Å². The summed E-state index contributed by atoms with van der Waals surface area (Å²) in [6.07, 6.45) is 0. The van der Waals surface area contributed by atoms with E-state index in [1.807, 2.05) is 0 Å². The van der Waals surface area contributed by atoms with Gasteiger partial charge in [-0.05, 0) is 17.7 Å². The summed E-state index contributed by atoms with van der Waals surface area (Å²) in [6, 6.07) is 3.79. The van der Waals surface area contributed by atoms with Crippen molar-refractivity contribution >= 4 is 22.5 Å². The third-order valence-corrected chi connectivity index (χ3v) is 1.81. The van der Waals surface area contributed by atoms with E-state index < -0.39 is 10.2 Å². The number of nitrogens with zero attached hydrogens (tertiary/aromatic N) is 1. The zero-order valence-electron chi connectivity index (χ0n) is 8.31. The SMILES string of the molecule is COc1cc([N+](=O)[O-])ccc1OCC(=O)Cl. The Hall–Kier alpha value is -1.82. The third kappa shape index (κ3) is 3.09. The molecule has 0 atom stereocenters. The molecule has 0 aromatic heterocycles. The number of carbonyl (C=O) groups is 1. The second-order valence-corrected chi connectivity index (χ2v) is 3.16. The first-order valence-corrected chi connectivity index (χ1v) is 4.56. The van der Waals surface area contributed by atoms with Gasteiger partial charge in [0.15, 0.2) is 18.1 Å². The molecule has 1 aromatic carbocycles. The lowest BCUT2D eigenvalue weighted by molar-refractivity contribution is -0.384. The van der Waals surface area contributed by atoms with Crippen LogP contribution in [0.5, 0.6) is 11.5 Å². The molecule has 7 heteroatoms. The van der Waals surface area contributed by atoms with E-state index >= 15 is 0 Å². The van der Waals surface area contributed by atoms with E-state index in [1.165, 1.54) is 25.3 Å². The van der Waals surface area contributed by atoms with Gasteiger partial charge in [-0.25, -0.2) is 0 Å². The predicted octanol–water partition coefficient (Wildman–Crippen LogP) is 1.75. The number of benzene rings is 1. The summed E-state index contributed by atoms with van der Waals surface area (Å²) in [7, 11) is 1.34. The molecule has 0 aliphatic heterocycles. The van der Waals surface area contributed by atoms with Crippen LogP contribution in [0.2, 0.25) is 0 Å². The minimum absolute atomic E-state index is 0.124. The van der Waals surface area contributed by atoms with Crippen LogP contribution in [0.15, 0.2) is 18.2 Å². The van der Waals surface area contributed by atoms with Crippen LogP contribution < -0.4 is 9.47 Å². The first-order chi connectivity index (χ1) is 7.54. The zero-order valence-corrected chi connectivity index (χ0v) is 9.06. The van der Waals surface area contributed by atoms with Gasteiger partial charge in [0.25, 0.3) is 10.9 Å². The maximum absolute atomic E-state index is 10.5. The molecule has 0 aliphatic carbocycles. The fourth-order valence-electron chi connectivity index (χ4n) is 1.02. The Labute approximate surface area is 95.9 Å². The molecule has 0 fully saturated rings. The fourth-order valence-corrected chi connectivity index (χ4v) is 1.08. The van der Waals surface area contributed by atoms with Gasteiger partial charge < -0.3 is 9.47 Å². The Kier molecular flexibility index (Phi) is 4.07. The first-order valence-electron chi connectivity index (χ1n) is 4.18. The van der Waals surface area contributed by atoms with Crippen LogP contribution in [0, 0.1) is 10.1 Å². The average molecular weight is 246 g/mol. The van der Waals surface area contributed by atoms with Crippen LogP contribution in [0.4, 0.5) is 5.69 Å². The highest BCUT2D eigenvalue weighted by Crippen LogP contribution is 2.30. The molecule has 16 heavy (non-hydrogen) atoms. The molecular weight excluding hydrogens is 238 g/mol. The number of nitro benzene ring substituents is 1. The number of nitro groups is 1. The van der Waals surface area contributed by atoms with Crippen molar-refractivity contribution in [2.75, 3.05) is 13.7 Å². The van der Waals surface area contributed by atoms with E-state index in [-0.39, 0.29) is 23.8 Å². The number of non-ortho nitro benzene ring substituents is 1. The summed E-state index contributed by atoms with van der Waals surface area (Å²) in [6.45, 7) is -0.324. The molecule has 1 aromatic rings. The second-order valence-electron chi connectivity index (χ2n) is 2.74. The Balaban J connectivity index is 2.93. The normalized spacial score (nSPS) is 9.62. The minimum Gasteiger partial charge on any atom is -0.493 e. The highest BCUT2D eigenvalue weighted by atomic mass is 35.5. The second kappa shape index (κ2) is 5.32. The molecule has 0 saturated heterocycles. The summed E-state index contributed by atoms with van der Waals surface area (Å²) in [5.74, 6) is 0.397. The number of carbonyl (C=O) groups excluding carboxylic acids is 1. The smallest absolute Gasteiger partial charge is 0.273 e. The van der Waals surface area contributed by atoms with Crippen molar-refractivity contribution in [2.45, 2.75) is 0 Å². The summed E-state index contributed by atoms with van der Waals surface area (Å²) < 4.78 is 9.88. The van der Waals surface area contributed by atoms with Gasteiger partial charge in [-0.3, -0.25) is 14.9 Å². The van der Waals surface area contributed by atoms with Crippen LogP contribution >= 0.6 is 11.6 Å². The average Bonchev–Trinajstić information content (AvgIpc) is 2.25. The Morgan fingerprint density at radius 1 is 1.50 bits per heavy atom. The highest BCUT2D eigenvalue weighted by molar-refractivity contribution is 6.63. The number of hydrogen-bond donors (Lipinski definition) is 0. The number of ether oxygens (including phenoxy) is 2. The van der Waals surface area contributed by atoms with E-state index in [0.29, 0.717) is 0 Å². The molecule has 1 rings (SSSR count). The van der Waals surface area contributed by atoms with Crippen molar-refractivity contribution in [1.82, 2.24) is 0 Å². The van der Waals surface area contributed by atoms with Gasteiger partial charge in [0, 0.05) is 6.07 Å². The van der Waals surface area contributed by atoms with Gasteiger partial charge in [-0.1, -0.05) is 0 Å². The monoisotopic (exact) mass is 245 g/mol. The maximum Gasteiger partial charge on any atom is 0.273 e. The van der Waals surface area contributed by atoms with Gasteiger partial charge in [0.05, 0.1) is 18.1 Å². The van der Waals surface area contributed by atoms with Crippen LogP contribution in [0.25, 0.3) is 0 Å². The Morgan fingerprint density at radius 3 is 2.69 bits per heavy atom. The predicted molar refractivity (Wildman–Crippen MR) is 56.0 cm³/mol. The number of rotatable bonds is 5. The molecule has 0 unspecified atom stereocenters. The lowest BCUT2D eigenvalue weighted by atomic mass is 10.3. The molecule has 0 amide bonds. The molecule has 0 radical (unpaired) electrons. The van der Waals surface area contributed by atoms with Crippen LogP contribution in [-0.2, 0) is 4.79 Å². The highest BCUT2D eigenvalue weighted by Gasteiger charge is 2.12. The van der Waals surface area contributed by atoms with Crippen molar-refractivity contribution in [2.24, 2.45) is 0 Å². The largest absolute Gasteiger partial charge is 0.493 e. The molecule has 0 N–H and O–H groups in total. The van der Waals surface area contributed by atoms with Crippen LogP contribution in [-0.4, -0.2) is 23.9 Å². The minimum atomic E-state index is -0.666. The topological polar surface area (TPSA) is 78.7 Å². The van der Waals surface area contributed by atoms with Gasteiger partial charge >= 0.3 is 0 Å². The number of hydrogen-bond acceptors (Lipinski definition) is 5. The number of halogens is 1. The lowest BCUT2D eigenvalue weighted by Crippen LogP contribution is -2.05. The van der Waals surface area contributed by atoms with Crippen molar-refractivity contribution in [1.29, 1.82) is 0 Å². The van der Waals surface area contributed by atoms with Gasteiger partial charge in [-0.2, -0.15) is 0 Å². The van der Waals surface area contributed by atoms with Gasteiger partial charge in [-0.15, -0.1) is 0 Å².